The summed E-state index contributed by atoms with van der Waals surface area (Å²) in [6.45, 7) is 2.29. The van der Waals surface area contributed by atoms with E-state index in [4.69, 9.17) is 9.47 Å². The maximum atomic E-state index is 9.23. The van der Waals surface area contributed by atoms with Crippen molar-refractivity contribution < 1.29 is 9.47 Å². The van der Waals surface area contributed by atoms with Crippen molar-refractivity contribution in [3.63, 3.8) is 0 Å². The number of hydrogen-bond acceptors (Lipinski definition) is 6. The minimum absolute atomic E-state index is 0.394. The van der Waals surface area contributed by atoms with Gasteiger partial charge in [0.15, 0.2) is 0 Å². The van der Waals surface area contributed by atoms with Gasteiger partial charge in [0.1, 0.15) is 12.4 Å². The molecule has 6 nitrogen and oxygen atoms in total. The van der Waals surface area contributed by atoms with E-state index < -0.39 is 0 Å². The largest absolute Gasteiger partial charge is 0.481 e. The Bertz CT molecular complexity index is 658. The second kappa shape index (κ2) is 6.57. The van der Waals surface area contributed by atoms with E-state index in [1.807, 2.05) is 25.1 Å². The van der Waals surface area contributed by atoms with Crippen LogP contribution in [0.5, 0.6) is 11.8 Å². The molecule has 0 radical (unpaired) electrons. The lowest BCUT2D eigenvalue weighted by atomic mass is 10.1. The molecule has 0 saturated heterocycles. The Morgan fingerprint density at radius 3 is 2.43 bits per heavy atom. The van der Waals surface area contributed by atoms with E-state index in [9.17, 15) is 5.26 Å². The van der Waals surface area contributed by atoms with E-state index in [-0.39, 0.29) is 0 Å². The van der Waals surface area contributed by atoms with Gasteiger partial charge in [-0.3, -0.25) is 0 Å². The van der Waals surface area contributed by atoms with Crippen molar-refractivity contribution in [1.29, 1.82) is 5.26 Å². The molecule has 0 aliphatic heterocycles. The number of aromatic nitrogens is 2. The molecule has 0 bridgehead atoms. The fourth-order valence-corrected chi connectivity index (χ4v) is 2.03. The average Bonchev–Trinajstić information content (AvgIpc) is 2.52. The highest BCUT2D eigenvalue weighted by molar-refractivity contribution is 5.61. The first-order valence-corrected chi connectivity index (χ1v) is 6.36. The first-order chi connectivity index (χ1) is 10.2. The van der Waals surface area contributed by atoms with E-state index >= 15 is 0 Å². The number of anilines is 1. The number of methoxy groups -OCH3 is 2. The molecule has 0 fully saturated rings. The molecule has 0 atom stereocenters. The normalized spacial score (nSPS) is 9.81. The summed E-state index contributed by atoms with van der Waals surface area (Å²) in [7, 11) is 3.08. The minimum Gasteiger partial charge on any atom is -0.481 e. The van der Waals surface area contributed by atoms with Crippen molar-refractivity contribution in [2.45, 2.75) is 13.5 Å². The molecular formula is C15H16N4O2. The third-order valence-corrected chi connectivity index (χ3v) is 3.09. The first kappa shape index (κ1) is 14.6. The van der Waals surface area contributed by atoms with Crippen LogP contribution >= 0.6 is 0 Å². The summed E-state index contributed by atoms with van der Waals surface area (Å²) in [6.07, 6.45) is 1.38. The zero-order chi connectivity index (χ0) is 15.2. The molecule has 2 aromatic rings. The van der Waals surface area contributed by atoms with Crippen LogP contribution in [0.3, 0.4) is 0 Å². The Balaban J connectivity index is 2.29. The summed E-state index contributed by atoms with van der Waals surface area (Å²) < 4.78 is 10.4. The molecule has 108 valence electrons. The topological polar surface area (TPSA) is 80.1 Å². The van der Waals surface area contributed by atoms with E-state index in [0.717, 1.165) is 11.3 Å². The molecule has 2 rings (SSSR count). The van der Waals surface area contributed by atoms with Crippen LogP contribution in [0.1, 0.15) is 16.7 Å². The lowest BCUT2D eigenvalue weighted by Crippen LogP contribution is -2.07. The van der Waals surface area contributed by atoms with Gasteiger partial charge in [-0.15, -0.1) is 0 Å². The van der Waals surface area contributed by atoms with E-state index in [1.165, 1.54) is 6.33 Å². The number of nitrogens with one attached hydrogen (secondary N) is 1. The molecule has 1 heterocycles. The minimum atomic E-state index is 0.394. The second-order valence-corrected chi connectivity index (χ2v) is 4.33. The van der Waals surface area contributed by atoms with Gasteiger partial charge in [0, 0.05) is 0 Å². The molecule has 1 aromatic carbocycles. The number of aryl methyl sites for hydroxylation is 1. The Kier molecular flexibility index (Phi) is 4.57. The summed E-state index contributed by atoms with van der Waals surface area (Å²) in [5, 5.41) is 12.4. The summed E-state index contributed by atoms with van der Waals surface area (Å²) in [5.74, 6) is 0.890. The monoisotopic (exact) mass is 284 g/mol. The van der Waals surface area contributed by atoms with Crippen molar-refractivity contribution in [3.8, 4) is 17.8 Å². The Morgan fingerprint density at radius 1 is 1.19 bits per heavy atom. The van der Waals surface area contributed by atoms with E-state index in [0.29, 0.717) is 29.4 Å². The summed E-state index contributed by atoms with van der Waals surface area (Å²) in [4.78, 5) is 8.12. The number of ether oxygens (including phenoxy) is 2. The van der Waals surface area contributed by atoms with Gasteiger partial charge in [0.25, 0.3) is 0 Å². The number of nitriles is 1. The molecule has 0 aliphatic rings. The quantitative estimate of drug-likeness (QED) is 0.907. The average molecular weight is 284 g/mol. The van der Waals surface area contributed by atoms with Crippen LogP contribution in [-0.4, -0.2) is 24.2 Å². The van der Waals surface area contributed by atoms with Gasteiger partial charge in [0.2, 0.25) is 11.8 Å². The van der Waals surface area contributed by atoms with Crippen LogP contribution < -0.4 is 14.8 Å². The van der Waals surface area contributed by atoms with Crippen molar-refractivity contribution in [2.75, 3.05) is 19.5 Å². The van der Waals surface area contributed by atoms with Gasteiger partial charge in [0.05, 0.1) is 37.6 Å². The number of benzene rings is 1. The van der Waals surface area contributed by atoms with Crippen LogP contribution in [0.4, 0.5) is 5.69 Å². The highest BCUT2D eigenvalue weighted by Crippen LogP contribution is 2.26. The number of nitrogens with zero attached hydrogens (tertiary/aromatic N) is 3. The molecule has 0 unspecified atom stereocenters. The fraction of sp³-hybridized carbons (Fsp3) is 0.267. The van der Waals surface area contributed by atoms with Crippen molar-refractivity contribution >= 4 is 5.69 Å². The Morgan fingerprint density at radius 2 is 1.86 bits per heavy atom. The second-order valence-electron chi connectivity index (χ2n) is 4.33. The van der Waals surface area contributed by atoms with Crippen molar-refractivity contribution in [3.05, 3.63) is 41.2 Å². The lowest BCUT2D eigenvalue weighted by Gasteiger charge is -2.13. The molecule has 6 heteroatoms. The molecular weight excluding hydrogens is 268 g/mol. The van der Waals surface area contributed by atoms with Gasteiger partial charge < -0.3 is 14.8 Å². The summed E-state index contributed by atoms with van der Waals surface area (Å²) in [6, 6.07) is 7.85. The Labute approximate surface area is 123 Å². The molecule has 1 aromatic heterocycles. The van der Waals surface area contributed by atoms with Crippen LogP contribution in [0.25, 0.3) is 0 Å². The Hall–Kier alpha value is -2.81. The molecule has 0 amide bonds. The summed E-state index contributed by atoms with van der Waals surface area (Å²) >= 11 is 0. The lowest BCUT2D eigenvalue weighted by molar-refractivity contribution is 0.363. The van der Waals surface area contributed by atoms with Gasteiger partial charge >= 0.3 is 0 Å². The third-order valence-electron chi connectivity index (χ3n) is 3.09. The standard InChI is InChI=1S/C15H16N4O2/c1-10-5-4-6-13(11(10)7-16)17-8-12-14(20-2)18-9-19-15(12)21-3/h4-6,9,17H,8H2,1-3H3. The molecule has 0 aliphatic carbocycles. The van der Waals surface area contributed by atoms with Gasteiger partial charge in [-0.25, -0.2) is 9.97 Å². The van der Waals surface area contributed by atoms with Gasteiger partial charge in [-0.2, -0.15) is 5.26 Å². The maximum Gasteiger partial charge on any atom is 0.225 e. The molecule has 0 saturated carbocycles. The zero-order valence-corrected chi connectivity index (χ0v) is 12.2. The van der Waals surface area contributed by atoms with Crippen LogP contribution in [-0.2, 0) is 6.54 Å². The van der Waals surface area contributed by atoms with Crippen LogP contribution in [0.15, 0.2) is 24.5 Å². The van der Waals surface area contributed by atoms with Crippen molar-refractivity contribution in [1.82, 2.24) is 9.97 Å². The van der Waals surface area contributed by atoms with Gasteiger partial charge in [-0.05, 0) is 18.6 Å². The van der Waals surface area contributed by atoms with Crippen LogP contribution in [0.2, 0.25) is 0 Å². The fourth-order valence-electron chi connectivity index (χ4n) is 2.03. The van der Waals surface area contributed by atoms with Gasteiger partial charge in [-0.1, -0.05) is 12.1 Å². The summed E-state index contributed by atoms with van der Waals surface area (Å²) in [5.41, 5.74) is 3.00. The highest BCUT2D eigenvalue weighted by Gasteiger charge is 2.13. The van der Waals surface area contributed by atoms with E-state index in [2.05, 4.69) is 21.4 Å². The molecule has 0 spiro atoms. The maximum absolute atomic E-state index is 9.23. The predicted octanol–water partition coefficient (Wildman–Crippen LogP) is 2.29. The van der Waals surface area contributed by atoms with E-state index in [1.54, 1.807) is 14.2 Å². The number of hydrogen-bond donors (Lipinski definition) is 1. The highest BCUT2D eigenvalue weighted by atomic mass is 16.5. The van der Waals surface area contributed by atoms with Crippen LogP contribution in [0, 0.1) is 18.3 Å². The zero-order valence-electron chi connectivity index (χ0n) is 12.2. The molecule has 21 heavy (non-hydrogen) atoms. The van der Waals surface area contributed by atoms with Crippen molar-refractivity contribution in [2.24, 2.45) is 0 Å². The first-order valence-electron chi connectivity index (χ1n) is 6.36. The molecule has 1 N–H and O–H groups in total. The number of rotatable bonds is 5. The predicted molar refractivity (Wildman–Crippen MR) is 78.4 cm³/mol. The third kappa shape index (κ3) is 3.03. The SMILES string of the molecule is COc1ncnc(OC)c1CNc1cccc(C)c1C#N. The smallest absolute Gasteiger partial charge is 0.225 e.